The number of hydrazine groups is 1. The molecule has 0 fully saturated rings. The van der Waals surface area contributed by atoms with Gasteiger partial charge in [-0.05, 0) is 55.1 Å². The Labute approximate surface area is 145 Å². The predicted molar refractivity (Wildman–Crippen MR) is 100 cm³/mol. The van der Waals surface area contributed by atoms with Gasteiger partial charge in [-0.3, -0.25) is 21.0 Å². The molecule has 1 amide bonds. The van der Waals surface area contributed by atoms with Crippen LogP contribution in [0.25, 0.3) is 0 Å². The van der Waals surface area contributed by atoms with Crippen LogP contribution < -0.4 is 21.5 Å². The van der Waals surface area contributed by atoms with Gasteiger partial charge in [-0.1, -0.05) is 36.4 Å². The fraction of sp³-hybridized carbons (Fsp3) is 0.0625. The van der Waals surface area contributed by atoms with E-state index in [1.807, 2.05) is 49.4 Å². The van der Waals surface area contributed by atoms with E-state index in [1.165, 1.54) is 0 Å². The molecule has 0 aliphatic rings. The molecule has 0 saturated carbocycles. The van der Waals surface area contributed by atoms with Gasteiger partial charge in [0.1, 0.15) is 0 Å². The lowest BCUT2D eigenvalue weighted by Gasteiger charge is -2.14. The fourth-order valence-corrected chi connectivity index (χ4v) is 2.14. The summed E-state index contributed by atoms with van der Waals surface area (Å²) in [6.45, 7) is 1.86. The molecule has 0 aliphatic heterocycles. The van der Waals surface area contributed by atoms with Crippen LogP contribution in [0.15, 0.2) is 54.6 Å². The molecule has 2 rings (SSSR count). The molecule has 2 aromatic carbocycles. The van der Waals surface area contributed by atoms with Crippen molar-refractivity contribution in [2.75, 3.05) is 5.32 Å². The van der Waals surface area contributed by atoms with E-state index in [2.05, 4.69) is 21.5 Å². The van der Waals surface area contributed by atoms with Crippen LogP contribution in [0, 0.1) is 6.92 Å². The molecule has 5 nitrogen and oxygen atoms in total. The lowest BCUT2D eigenvalue weighted by molar-refractivity contribution is 0.0976. The monoisotopic (exact) mass is 344 g/mol. The summed E-state index contributed by atoms with van der Waals surface area (Å²) < 4.78 is 0. The van der Waals surface area contributed by atoms with Crippen molar-refractivity contribution in [1.82, 2.24) is 16.2 Å². The lowest BCUT2D eigenvalue weighted by atomic mass is 10.1. The maximum atomic E-state index is 12.1. The van der Waals surface area contributed by atoms with E-state index >= 15 is 0 Å². The van der Waals surface area contributed by atoms with E-state index in [0.29, 0.717) is 10.7 Å². The third-order valence-corrected chi connectivity index (χ3v) is 3.35. The van der Waals surface area contributed by atoms with E-state index in [0.717, 1.165) is 11.3 Å². The number of thiocarbonyl (C=S) groups is 2. The SMILES string of the molecule is Cc1ccccc1C(=O)NC(=S)NNC(=S)Nc1ccccc1. The Morgan fingerprint density at radius 1 is 0.870 bits per heavy atom. The zero-order chi connectivity index (χ0) is 16.7. The standard InChI is InChI=1S/C16H16N4OS2/c1-11-7-5-6-10-13(11)14(21)18-16(23)20-19-15(22)17-12-8-3-2-4-9-12/h2-10H,1H3,(H2,17,19,22)(H2,18,20,21,23). The minimum Gasteiger partial charge on any atom is -0.331 e. The second kappa shape index (κ2) is 8.21. The van der Waals surface area contributed by atoms with Crippen LogP contribution in [0.2, 0.25) is 0 Å². The van der Waals surface area contributed by atoms with Crippen LogP contribution in [0.4, 0.5) is 5.69 Å². The number of anilines is 1. The molecular weight excluding hydrogens is 328 g/mol. The molecule has 118 valence electrons. The molecule has 0 aliphatic carbocycles. The number of nitrogens with one attached hydrogen (secondary N) is 4. The third-order valence-electron chi connectivity index (χ3n) is 2.94. The zero-order valence-electron chi connectivity index (χ0n) is 12.4. The van der Waals surface area contributed by atoms with Gasteiger partial charge in [-0.25, -0.2) is 0 Å². The van der Waals surface area contributed by atoms with Gasteiger partial charge in [-0.2, -0.15) is 0 Å². The van der Waals surface area contributed by atoms with Crippen molar-refractivity contribution in [3.8, 4) is 0 Å². The van der Waals surface area contributed by atoms with Crippen LogP contribution in [-0.4, -0.2) is 16.1 Å². The Bertz CT molecular complexity index is 719. The molecule has 0 atom stereocenters. The number of amides is 1. The number of carbonyl (C=O) groups is 1. The summed E-state index contributed by atoms with van der Waals surface area (Å²) in [7, 11) is 0. The van der Waals surface area contributed by atoms with Gasteiger partial charge in [-0.15, -0.1) is 0 Å². The topological polar surface area (TPSA) is 65.2 Å². The lowest BCUT2D eigenvalue weighted by Crippen LogP contribution is -2.49. The minimum atomic E-state index is -0.274. The van der Waals surface area contributed by atoms with Crippen molar-refractivity contribution in [1.29, 1.82) is 0 Å². The van der Waals surface area contributed by atoms with Crippen LogP contribution in [0.3, 0.4) is 0 Å². The van der Waals surface area contributed by atoms with Gasteiger partial charge < -0.3 is 5.32 Å². The van der Waals surface area contributed by atoms with Crippen molar-refractivity contribution in [2.45, 2.75) is 6.92 Å². The Morgan fingerprint density at radius 2 is 1.48 bits per heavy atom. The number of carbonyl (C=O) groups excluding carboxylic acids is 1. The van der Waals surface area contributed by atoms with E-state index < -0.39 is 0 Å². The molecule has 0 unspecified atom stereocenters. The van der Waals surface area contributed by atoms with Crippen molar-refractivity contribution in [2.24, 2.45) is 0 Å². The molecule has 7 heteroatoms. The fourth-order valence-electron chi connectivity index (χ4n) is 1.83. The summed E-state index contributed by atoms with van der Waals surface area (Å²) in [6.07, 6.45) is 0. The molecule has 0 radical (unpaired) electrons. The first-order valence-electron chi connectivity index (χ1n) is 6.85. The largest absolute Gasteiger partial charge is 0.331 e. The number of aryl methyl sites for hydroxylation is 1. The minimum absolute atomic E-state index is 0.135. The second-order valence-corrected chi connectivity index (χ2v) is 5.48. The van der Waals surface area contributed by atoms with Crippen molar-refractivity contribution in [3.05, 3.63) is 65.7 Å². The van der Waals surface area contributed by atoms with Crippen LogP contribution in [-0.2, 0) is 0 Å². The highest BCUT2D eigenvalue weighted by Gasteiger charge is 2.09. The number of benzene rings is 2. The average molecular weight is 344 g/mol. The van der Waals surface area contributed by atoms with Gasteiger partial charge in [0.25, 0.3) is 5.91 Å². The Kier molecular flexibility index (Phi) is 6.02. The molecule has 4 N–H and O–H groups in total. The summed E-state index contributed by atoms with van der Waals surface area (Å²) >= 11 is 10.2. The van der Waals surface area contributed by atoms with Crippen molar-refractivity contribution < 1.29 is 4.79 Å². The molecule has 0 heterocycles. The smallest absolute Gasteiger partial charge is 0.257 e. The Hall–Kier alpha value is -2.51. The quantitative estimate of drug-likeness (QED) is 0.496. The maximum absolute atomic E-state index is 12.1. The van der Waals surface area contributed by atoms with Gasteiger partial charge in [0.2, 0.25) is 0 Å². The highest BCUT2D eigenvalue weighted by molar-refractivity contribution is 7.80. The van der Waals surface area contributed by atoms with Crippen LogP contribution in [0.1, 0.15) is 15.9 Å². The van der Waals surface area contributed by atoms with Gasteiger partial charge in [0.05, 0.1) is 0 Å². The zero-order valence-corrected chi connectivity index (χ0v) is 14.1. The molecule has 0 bridgehead atoms. The average Bonchev–Trinajstić information content (AvgIpc) is 2.54. The van der Waals surface area contributed by atoms with Gasteiger partial charge >= 0.3 is 0 Å². The van der Waals surface area contributed by atoms with Gasteiger partial charge in [0, 0.05) is 11.3 Å². The van der Waals surface area contributed by atoms with E-state index in [-0.39, 0.29) is 11.0 Å². The van der Waals surface area contributed by atoms with Crippen LogP contribution >= 0.6 is 24.4 Å². The summed E-state index contributed by atoms with van der Waals surface area (Å²) in [4.78, 5) is 12.1. The Balaban J connectivity index is 1.80. The third kappa shape index (κ3) is 5.32. The van der Waals surface area contributed by atoms with E-state index in [9.17, 15) is 4.79 Å². The molecule has 23 heavy (non-hydrogen) atoms. The normalized spacial score (nSPS) is 9.61. The highest BCUT2D eigenvalue weighted by Crippen LogP contribution is 2.06. The molecule has 0 spiro atoms. The molecule has 2 aromatic rings. The Morgan fingerprint density at radius 3 is 2.17 bits per heavy atom. The maximum Gasteiger partial charge on any atom is 0.257 e. The summed E-state index contributed by atoms with van der Waals surface area (Å²) in [6, 6.07) is 16.7. The first kappa shape index (κ1) is 16.9. The first-order valence-corrected chi connectivity index (χ1v) is 7.67. The van der Waals surface area contributed by atoms with Gasteiger partial charge in [0.15, 0.2) is 10.2 Å². The molecular formula is C16H16N4OS2. The van der Waals surface area contributed by atoms with Crippen LogP contribution in [0.5, 0.6) is 0 Å². The number of rotatable bonds is 2. The van der Waals surface area contributed by atoms with Crippen molar-refractivity contribution >= 4 is 46.3 Å². The predicted octanol–water partition coefficient (Wildman–Crippen LogP) is 2.50. The molecule has 0 aromatic heterocycles. The second-order valence-electron chi connectivity index (χ2n) is 4.67. The highest BCUT2D eigenvalue weighted by atomic mass is 32.1. The van der Waals surface area contributed by atoms with E-state index in [4.69, 9.17) is 24.4 Å². The number of hydrogen-bond acceptors (Lipinski definition) is 3. The summed E-state index contributed by atoms with van der Waals surface area (Å²) in [5.41, 5.74) is 7.68. The molecule has 0 saturated heterocycles. The van der Waals surface area contributed by atoms with E-state index in [1.54, 1.807) is 12.1 Å². The first-order chi connectivity index (χ1) is 11.1. The number of para-hydroxylation sites is 1. The van der Waals surface area contributed by atoms with Crippen molar-refractivity contribution in [3.63, 3.8) is 0 Å². The summed E-state index contributed by atoms with van der Waals surface area (Å²) in [5.74, 6) is -0.274. The number of hydrogen-bond donors (Lipinski definition) is 4. The summed E-state index contributed by atoms with van der Waals surface area (Å²) in [5, 5.41) is 6.04.